The van der Waals surface area contributed by atoms with Crippen molar-refractivity contribution in [2.24, 2.45) is 0 Å². The first kappa shape index (κ1) is 28.1. The molecule has 4 rings (SSSR count). The Morgan fingerprint density at radius 1 is 0.778 bits per heavy atom. The van der Waals surface area contributed by atoms with E-state index in [0.29, 0.717) is 47.6 Å². The summed E-state index contributed by atoms with van der Waals surface area (Å²) in [7, 11) is 3.24. The highest BCUT2D eigenvalue weighted by Crippen LogP contribution is 2.32. The fraction of sp³-hybridized carbons (Fsp3) is 0.462. The first-order chi connectivity index (χ1) is 17.3. The van der Waals surface area contributed by atoms with Crippen LogP contribution in [0.15, 0.2) is 24.3 Å². The number of anilines is 2. The van der Waals surface area contributed by atoms with Gasteiger partial charge in [0.15, 0.2) is 0 Å². The van der Waals surface area contributed by atoms with Gasteiger partial charge < -0.3 is 29.9 Å². The van der Waals surface area contributed by atoms with E-state index in [9.17, 15) is 9.59 Å². The lowest BCUT2D eigenvalue weighted by molar-refractivity contribution is 0.0954. The van der Waals surface area contributed by atoms with Crippen molar-refractivity contribution < 1.29 is 19.1 Å². The van der Waals surface area contributed by atoms with Crippen LogP contribution in [-0.4, -0.2) is 78.5 Å². The van der Waals surface area contributed by atoms with Gasteiger partial charge in [0, 0.05) is 45.8 Å². The number of ether oxygens (including phenoxy) is 2. The second kappa shape index (κ2) is 13.1. The third-order valence-corrected chi connectivity index (χ3v) is 6.94. The summed E-state index contributed by atoms with van der Waals surface area (Å²) < 4.78 is 10.6. The van der Waals surface area contributed by atoms with E-state index in [1.807, 2.05) is 38.1 Å². The summed E-state index contributed by atoms with van der Waals surface area (Å²) in [5, 5.41) is 6.48. The normalized spacial score (nSPS) is 15.6. The number of halogens is 2. The number of nitrogens with one attached hydrogen (secondary N) is 2. The lowest BCUT2D eigenvalue weighted by Crippen LogP contribution is -2.36. The predicted octanol–water partition coefficient (Wildman–Crippen LogP) is 3.69. The van der Waals surface area contributed by atoms with Crippen LogP contribution >= 0.6 is 23.2 Å². The van der Waals surface area contributed by atoms with Gasteiger partial charge in [-0.05, 0) is 43.2 Å². The van der Waals surface area contributed by atoms with E-state index in [2.05, 4.69) is 20.4 Å². The lowest BCUT2D eigenvalue weighted by atomic mass is 10.1. The minimum atomic E-state index is -0.146. The quantitative estimate of drug-likeness (QED) is 0.620. The maximum absolute atomic E-state index is 11.9. The first-order valence-electron chi connectivity index (χ1n) is 12.0. The molecule has 0 aromatic heterocycles. The molecule has 2 N–H and O–H groups in total. The summed E-state index contributed by atoms with van der Waals surface area (Å²) in [5.74, 6) is -0.230. The molecule has 2 saturated heterocycles. The molecular formula is C26H34Cl2N4O4. The summed E-state index contributed by atoms with van der Waals surface area (Å²) in [6.45, 7) is 9.76. The molecule has 2 aromatic carbocycles. The van der Waals surface area contributed by atoms with Crippen LogP contribution in [0.25, 0.3) is 0 Å². The minimum absolute atomic E-state index is 0.0846. The van der Waals surface area contributed by atoms with Gasteiger partial charge in [-0.1, -0.05) is 29.3 Å². The summed E-state index contributed by atoms with van der Waals surface area (Å²) in [4.78, 5) is 27.9. The summed E-state index contributed by atoms with van der Waals surface area (Å²) in [6.07, 6.45) is 0. The topological polar surface area (TPSA) is 83.1 Å². The Hall–Kier alpha value is -2.52. The third-order valence-electron chi connectivity index (χ3n) is 6.25. The number of aryl methyl sites for hydroxylation is 2. The molecule has 10 heteroatoms. The summed E-state index contributed by atoms with van der Waals surface area (Å²) in [6, 6.07) is 7.61. The van der Waals surface area contributed by atoms with E-state index in [4.69, 9.17) is 32.7 Å². The zero-order valence-corrected chi connectivity index (χ0v) is 22.8. The smallest absolute Gasteiger partial charge is 0.252 e. The number of carbonyl (C=O) groups is 2. The number of hydrogen-bond acceptors (Lipinski definition) is 6. The van der Waals surface area contributed by atoms with E-state index >= 15 is 0 Å². The van der Waals surface area contributed by atoms with Crippen molar-refractivity contribution >= 4 is 46.4 Å². The van der Waals surface area contributed by atoms with Crippen LogP contribution in [0.3, 0.4) is 0 Å². The van der Waals surface area contributed by atoms with E-state index in [1.165, 1.54) is 0 Å². The van der Waals surface area contributed by atoms with Crippen molar-refractivity contribution in [3.63, 3.8) is 0 Å². The molecule has 196 valence electrons. The Balaban J connectivity index is 0.000000201. The maximum Gasteiger partial charge on any atom is 0.252 e. The van der Waals surface area contributed by atoms with Crippen molar-refractivity contribution in [3.05, 3.63) is 56.6 Å². The number of morpholine rings is 2. The maximum atomic E-state index is 11.9. The number of benzene rings is 2. The molecule has 0 bridgehead atoms. The van der Waals surface area contributed by atoms with Crippen molar-refractivity contribution in [2.75, 3.05) is 76.5 Å². The van der Waals surface area contributed by atoms with Gasteiger partial charge in [-0.2, -0.15) is 0 Å². The van der Waals surface area contributed by atoms with Crippen molar-refractivity contribution in [3.8, 4) is 0 Å². The Kier molecular flexibility index (Phi) is 10.2. The lowest BCUT2D eigenvalue weighted by Gasteiger charge is -2.30. The number of carbonyl (C=O) groups excluding carboxylic acids is 2. The molecule has 0 spiro atoms. The number of nitrogens with zero attached hydrogens (tertiary/aromatic N) is 2. The van der Waals surface area contributed by atoms with Crippen molar-refractivity contribution in [1.29, 1.82) is 0 Å². The molecule has 2 heterocycles. The molecule has 0 atom stereocenters. The summed E-state index contributed by atoms with van der Waals surface area (Å²) >= 11 is 12.6. The molecule has 0 aliphatic carbocycles. The molecular weight excluding hydrogens is 503 g/mol. The van der Waals surface area contributed by atoms with Crippen LogP contribution in [0.2, 0.25) is 10.0 Å². The van der Waals surface area contributed by atoms with Crippen LogP contribution < -0.4 is 20.4 Å². The van der Waals surface area contributed by atoms with Crippen LogP contribution in [-0.2, 0) is 9.47 Å². The Morgan fingerprint density at radius 3 is 1.83 bits per heavy atom. The van der Waals surface area contributed by atoms with E-state index < -0.39 is 0 Å². The van der Waals surface area contributed by atoms with Gasteiger partial charge in [-0.3, -0.25) is 9.59 Å². The average Bonchev–Trinajstić information content (AvgIpc) is 2.89. The van der Waals surface area contributed by atoms with Crippen LogP contribution in [0.4, 0.5) is 11.4 Å². The van der Waals surface area contributed by atoms with E-state index in [-0.39, 0.29) is 11.8 Å². The van der Waals surface area contributed by atoms with Gasteiger partial charge in [-0.15, -0.1) is 0 Å². The minimum Gasteiger partial charge on any atom is -0.378 e. The zero-order valence-electron chi connectivity index (χ0n) is 21.2. The monoisotopic (exact) mass is 536 g/mol. The van der Waals surface area contributed by atoms with E-state index in [1.54, 1.807) is 14.1 Å². The SMILES string of the molecule is CNC(=O)c1c(C)ccc(N2CCOCC2)c1Cl.CNC(=O)c1cc(N2CCOCC2)c(Cl)cc1C. The fourth-order valence-corrected chi connectivity index (χ4v) is 4.96. The fourth-order valence-electron chi connectivity index (χ4n) is 4.20. The number of rotatable bonds is 4. The molecule has 8 nitrogen and oxygen atoms in total. The number of amides is 2. The highest BCUT2D eigenvalue weighted by molar-refractivity contribution is 6.36. The third kappa shape index (κ3) is 6.62. The predicted molar refractivity (Wildman–Crippen MR) is 145 cm³/mol. The highest BCUT2D eigenvalue weighted by atomic mass is 35.5. The molecule has 36 heavy (non-hydrogen) atoms. The molecule has 2 amide bonds. The van der Waals surface area contributed by atoms with Crippen molar-refractivity contribution in [2.45, 2.75) is 13.8 Å². The van der Waals surface area contributed by atoms with Crippen molar-refractivity contribution in [1.82, 2.24) is 10.6 Å². The standard InChI is InChI=1S/2C13H17ClN2O2/c1-9-7-11(14)12(8-10(9)13(17)15-2)16-3-5-18-6-4-16;1-9-3-4-10(16-5-7-18-8-6-16)12(14)11(9)13(17)15-2/h7-8H,3-6H2,1-2H3,(H,15,17);3-4H,5-8H2,1-2H3,(H,15,17). The van der Waals surface area contributed by atoms with Gasteiger partial charge in [-0.25, -0.2) is 0 Å². The largest absolute Gasteiger partial charge is 0.378 e. The molecule has 2 aliphatic heterocycles. The molecule has 0 unspecified atom stereocenters. The Bertz CT molecular complexity index is 1070. The summed E-state index contributed by atoms with van der Waals surface area (Å²) in [5.41, 5.74) is 4.81. The molecule has 2 aromatic rings. The van der Waals surface area contributed by atoms with Gasteiger partial charge >= 0.3 is 0 Å². The average molecular weight is 537 g/mol. The molecule has 2 aliphatic rings. The van der Waals surface area contributed by atoms with Crippen LogP contribution in [0.5, 0.6) is 0 Å². The molecule has 2 fully saturated rings. The van der Waals surface area contributed by atoms with E-state index in [0.717, 1.165) is 48.7 Å². The van der Waals surface area contributed by atoms with Crippen LogP contribution in [0, 0.1) is 13.8 Å². The number of hydrogen-bond donors (Lipinski definition) is 2. The zero-order chi connectivity index (χ0) is 26.2. The second-order valence-corrected chi connectivity index (χ2v) is 9.35. The Morgan fingerprint density at radius 2 is 1.31 bits per heavy atom. The Labute approximate surface area is 222 Å². The highest BCUT2D eigenvalue weighted by Gasteiger charge is 2.21. The van der Waals surface area contributed by atoms with Crippen LogP contribution in [0.1, 0.15) is 31.8 Å². The van der Waals surface area contributed by atoms with Gasteiger partial charge in [0.05, 0.1) is 53.4 Å². The molecule has 0 radical (unpaired) electrons. The molecule has 0 saturated carbocycles. The van der Waals surface area contributed by atoms with Gasteiger partial charge in [0.2, 0.25) is 0 Å². The van der Waals surface area contributed by atoms with Gasteiger partial charge in [0.1, 0.15) is 0 Å². The first-order valence-corrected chi connectivity index (χ1v) is 12.7. The second-order valence-electron chi connectivity index (χ2n) is 8.57. The van der Waals surface area contributed by atoms with Gasteiger partial charge in [0.25, 0.3) is 11.8 Å².